The molecule has 0 saturated carbocycles. The first-order valence-electron chi connectivity index (χ1n) is 6.41. The molecule has 1 rings (SSSR count). The summed E-state index contributed by atoms with van der Waals surface area (Å²) in [5.41, 5.74) is -0.339. The maximum Gasteiger partial charge on any atom is 0.349 e. The highest BCUT2D eigenvalue weighted by atomic mass is 32.1. The Balaban J connectivity index is 2.77. The molecule has 1 amide bonds. The van der Waals surface area contributed by atoms with Crippen molar-refractivity contribution in [1.29, 1.82) is 0 Å². The lowest BCUT2D eigenvalue weighted by Crippen LogP contribution is -2.43. The van der Waals surface area contributed by atoms with E-state index in [0.717, 1.165) is 4.88 Å². The number of hydrogen-bond acceptors (Lipinski definition) is 4. The highest BCUT2D eigenvalue weighted by Gasteiger charge is 2.20. The Morgan fingerprint density at radius 1 is 1.40 bits per heavy atom. The molecule has 112 valence electrons. The lowest BCUT2D eigenvalue weighted by atomic mass is 10.1. The number of nitrogens with one attached hydrogen (secondary N) is 1. The fraction of sp³-hybridized carbons (Fsp3) is 0.571. The molecule has 0 radical (unpaired) electrons. The van der Waals surface area contributed by atoms with Crippen LogP contribution in [-0.4, -0.2) is 29.1 Å². The molecule has 6 heteroatoms. The predicted molar refractivity (Wildman–Crippen MR) is 78.8 cm³/mol. The van der Waals surface area contributed by atoms with E-state index in [1.165, 1.54) is 11.3 Å². The molecule has 5 nitrogen and oxygen atoms in total. The summed E-state index contributed by atoms with van der Waals surface area (Å²) in [7, 11) is 0. The molecule has 0 spiro atoms. The summed E-state index contributed by atoms with van der Waals surface area (Å²) in [6.45, 7) is 9.38. The number of rotatable bonds is 5. The third kappa shape index (κ3) is 4.85. The lowest BCUT2D eigenvalue weighted by Gasteiger charge is -2.20. The second-order valence-corrected chi connectivity index (χ2v) is 6.97. The molecule has 1 aromatic heterocycles. The van der Waals surface area contributed by atoms with Crippen LogP contribution in [-0.2, 0) is 4.79 Å². The van der Waals surface area contributed by atoms with Crippen molar-refractivity contribution < 1.29 is 19.4 Å². The Hall–Kier alpha value is -1.56. The molecule has 2 N–H and O–H groups in total. The second-order valence-electron chi connectivity index (χ2n) is 5.89. The van der Waals surface area contributed by atoms with Crippen LogP contribution >= 0.6 is 11.3 Å². The van der Waals surface area contributed by atoms with E-state index in [-0.39, 0.29) is 34.6 Å². The number of carbonyl (C=O) groups excluding carboxylic acids is 1. The molecule has 0 aromatic carbocycles. The largest absolute Gasteiger partial charge is 0.482 e. The van der Waals surface area contributed by atoms with E-state index in [4.69, 9.17) is 9.84 Å². The Kier molecular flexibility index (Phi) is 5.16. The van der Waals surface area contributed by atoms with Gasteiger partial charge in [-0.3, -0.25) is 4.79 Å². The third-order valence-corrected chi connectivity index (χ3v) is 3.76. The van der Waals surface area contributed by atoms with Crippen LogP contribution in [0, 0.1) is 0 Å². The van der Waals surface area contributed by atoms with Gasteiger partial charge in [-0.15, -0.1) is 11.3 Å². The van der Waals surface area contributed by atoms with Gasteiger partial charge in [0.15, 0.2) is 11.5 Å². The zero-order valence-corrected chi connectivity index (χ0v) is 13.3. The number of aromatic carboxylic acids is 1. The number of ether oxygens (including phenoxy) is 1. The summed E-state index contributed by atoms with van der Waals surface area (Å²) in [4.78, 5) is 23.9. The van der Waals surface area contributed by atoms with Crippen LogP contribution in [0.2, 0.25) is 0 Å². The molecule has 0 aliphatic heterocycles. The van der Waals surface area contributed by atoms with Crippen molar-refractivity contribution in [2.75, 3.05) is 6.61 Å². The van der Waals surface area contributed by atoms with Crippen LogP contribution in [0.3, 0.4) is 0 Å². The number of hydrogen-bond donors (Lipinski definition) is 2. The third-order valence-electron chi connectivity index (χ3n) is 2.35. The quantitative estimate of drug-likeness (QED) is 0.876. The summed E-state index contributed by atoms with van der Waals surface area (Å²) in [6, 6.07) is 1.70. The molecule has 0 aliphatic rings. The van der Waals surface area contributed by atoms with Crippen molar-refractivity contribution in [2.45, 2.75) is 46.1 Å². The Morgan fingerprint density at radius 2 is 2.00 bits per heavy atom. The van der Waals surface area contributed by atoms with E-state index in [1.54, 1.807) is 6.07 Å². The minimum absolute atomic E-state index is 0.136. The van der Waals surface area contributed by atoms with Crippen LogP contribution in [0.1, 0.15) is 55.1 Å². The Labute approximate surface area is 123 Å². The van der Waals surface area contributed by atoms with Crippen LogP contribution in [0.4, 0.5) is 0 Å². The van der Waals surface area contributed by atoms with E-state index in [0.29, 0.717) is 0 Å². The first kappa shape index (κ1) is 16.5. The Morgan fingerprint density at radius 3 is 2.45 bits per heavy atom. The van der Waals surface area contributed by atoms with Crippen LogP contribution in [0.25, 0.3) is 0 Å². The topological polar surface area (TPSA) is 75.6 Å². The normalized spacial score (nSPS) is 11.5. The first-order valence-corrected chi connectivity index (χ1v) is 7.22. The number of carboxylic acids is 1. The van der Waals surface area contributed by atoms with Gasteiger partial charge in [0, 0.05) is 10.4 Å². The van der Waals surface area contributed by atoms with E-state index < -0.39 is 5.97 Å². The first-order chi connectivity index (χ1) is 9.10. The van der Waals surface area contributed by atoms with E-state index in [2.05, 4.69) is 5.32 Å². The van der Waals surface area contributed by atoms with E-state index >= 15 is 0 Å². The van der Waals surface area contributed by atoms with Crippen molar-refractivity contribution in [3.63, 3.8) is 0 Å². The SMILES string of the molecule is CC(C)c1cc(OCC(=O)NC(C)(C)C)c(C(=O)O)s1. The van der Waals surface area contributed by atoms with Gasteiger partial charge in [0.05, 0.1) is 0 Å². The molecule has 0 bridgehead atoms. The summed E-state index contributed by atoms with van der Waals surface area (Å²) in [5.74, 6) is -0.826. The summed E-state index contributed by atoms with van der Waals surface area (Å²) in [5, 5.41) is 11.9. The summed E-state index contributed by atoms with van der Waals surface area (Å²) in [6.07, 6.45) is 0. The van der Waals surface area contributed by atoms with Crippen LogP contribution in [0.15, 0.2) is 6.07 Å². The van der Waals surface area contributed by atoms with Crippen molar-refractivity contribution in [1.82, 2.24) is 5.32 Å². The zero-order valence-electron chi connectivity index (χ0n) is 12.4. The maximum atomic E-state index is 11.7. The van der Waals surface area contributed by atoms with Crippen molar-refractivity contribution in [3.05, 3.63) is 15.8 Å². The summed E-state index contributed by atoms with van der Waals surface area (Å²) >= 11 is 1.18. The molecular weight excluding hydrogens is 278 g/mol. The van der Waals surface area contributed by atoms with Crippen molar-refractivity contribution in [2.24, 2.45) is 0 Å². The van der Waals surface area contributed by atoms with Gasteiger partial charge in [-0.2, -0.15) is 0 Å². The van der Waals surface area contributed by atoms with E-state index in [1.807, 2.05) is 34.6 Å². The fourth-order valence-electron chi connectivity index (χ4n) is 1.53. The van der Waals surface area contributed by atoms with Gasteiger partial charge in [-0.1, -0.05) is 13.8 Å². The molecule has 0 saturated heterocycles. The molecule has 1 heterocycles. The molecule has 0 unspecified atom stereocenters. The molecular formula is C14H21NO4S. The second kappa shape index (κ2) is 6.26. The molecule has 0 atom stereocenters. The number of carbonyl (C=O) groups is 2. The van der Waals surface area contributed by atoms with Crippen LogP contribution < -0.4 is 10.1 Å². The van der Waals surface area contributed by atoms with Gasteiger partial charge in [0.25, 0.3) is 5.91 Å². The molecule has 0 aliphatic carbocycles. The molecule has 1 aromatic rings. The monoisotopic (exact) mass is 299 g/mol. The average molecular weight is 299 g/mol. The number of thiophene rings is 1. The highest BCUT2D eigenvalue weighted by Crippen LogP contribution is 2.33. The summed E-state index contributed by atoms with van der Waals surface area (Å²) < 4.78 is 5.35. The molecule has 0 fully saturated rings. The standard InChI is InChI=1S/C14H21NO4S/c1-8(2)10-6-9(12(20-10)13(17)18)19-7-11(16)15-14(3,4)5/h6,8H,7H2,1-5H3,(H,15,16)(H,17,18). The fourth-order valence-corrected chi connectivity index (χ4v) is 2.47. The van der Waals surface area contributed by atoms with Gasteiger partial charge in [-0.05, 0) is 32.8 Å². The average Bonchev–Trinajstić information content (AvgIpc) is 2.68. The van der Waals surface area contributed by atoms with Gasteiger partial charge in [-0.25, -0.2) is 4.79 Å². The lowest BCUT2D eigenvalue weighted by molar-refractivity contribution is -0.124. The van der Waals surface area contributed by atoms with Gasteiger partial charge < -0.3 is 15.2 Å². The van der Waals surface area contributed by atoms with Gasteiger partial charge in [0.2, 0.25) is 0 Å². The van der Waals surface area contributed by atoms with Gasteiger partial charge in [0.1, 0.15) is 5.75 Å². The molecule has 20 heavy (non-hydrogen) atoms. The van der Waals surface area contributed by atoms with Crippen molar-refractivity contribution >= 4 is 23.2 Å². The zero-order chi connectivity index (χ0) is 15.5. The highest BCUT2D eigenvalue weighted by molar-refractivity contribution is 7.14. The number of carboxylic acid groups (broad SMARTS) is 1. The number of amides is 1. The minimum atomic E-state index is -1.03. The van der Waals surface area contributed by atoms with E-state index in [9.17, 15) is 9.59 Å². The Bertz CT molecular complexity index is 500. The predicted octanol–water partition coefficient (Wildman–Crippen LogP) is 2.86. The maximum absolute atomic E-state index is 11.7. The van der Waals surface area contributed by atoms with Gasteiger partial charge >= 0.3 is 5.97 Å². The smallest absolute Gasteiger partial charge is 0.349 e. The van der Waals surface area contributed by atoms with Crippen molar-refractivity contribution in [3.8, 4) is 5.75 Å². The van der Waals surface area contributed by atoms with Crippen LogP contribution in [0.5, 0.6) is 5.75 Å². The minimum Gasteiger partial charge on any atom is -0.482 e.